The number of nitrogens with one attached hydrogen (secondary N) is 1. The van der Waals surface area contributed by atoms with Gasteiger partial charge in [-0.2, -0.15) is 10.4 Å². The van der Waals surface area contributed by atoms with Gasteiger partial charge in [0.1, 0.15) is 0 Å². The molecular weight excluding hydrogens is 328 g/mol. The van der Waals surface area contributed by atoms with Crippen LogP contribution in [0.4, 0.5) is 5.95 Å². The summed E-state index contributed by atoms with van der Waals surface area (Å²) in [6.45, 7) is 8.74. The Balaban J connectivity index is 1.93. The second-order valence-corrected chi connectivity index (χ2v) is 6.32. The number of aryl methyl sites for hydroxylation is 2. The molecule has 7 heteroatoms. The van der Waals surface area contributed by atoms with Crippen LogP contribution in [-0.2, 0) is 6.54 Å². The Kier molecular flexibility index (Phi) is 4.76. The number of aromatic nitrogens is 4. The van der Waals surface area contributed by atoms with Gasteiger partial charge < -0.3 is 4.57 Å². The molecule has 0 aliphatic carbocycles. The zero-order valence-electron chi connectivity index (χ0n) is 15.4. The van der Waals surface area contributed by atoms with Crippen LogP contribution in [0.25, 0.3) is 11.0 Å². The lowest BCUT2D eigenvalue weighted by atomic mass is 10.2. The molecule has 0 aliphatic rings. The molecule has 134 valence electrons. The van der Waals surface area contributed by atoms with Gasteiger partial charge in [-0.15, -0.1) is 0 Å². The first-order valence-electron chi connectivity index (χ1n) is 8.76. The molecule has 0 radical (unpaired) electrons. The normalized spacial score (nSPS) is 12.1. The number of carbonyl (C=O) groups excluding carboxylic acids is 1. The number of benzene rings is 1. The van der Waals surface area contributed by atoms with Crippen LogP contribution in [0.5, 0.6) is 0 Å². The summed E-state index contributed by atoms with van der Waals surface area (Å²) in [5.74, 6) is 0.166. The monoisotopic (exact) mass is 350 g/mol. The molecule has 1 unspecified atom stereocenters. The molecule has 1 aromatic carbocycles. The molecular formula is C19H22N6O. The van der Waals surface area contributed by atoms with Crippen molar-refractivity contribution in [2.75, 3.05) is 5.32 Å². The fourth-order valence-electron chi connectivity index (χ4n) is 3.00. The molecule has 1 N–H and O–H groups in total. The molecule has 1 atom stereocenters. The van der Waals surface area contributed by atoms with Crippen LogP contribution in [0.15, 0.2) is 24.3 Å². The maximum Gasteiger partial charge on any atom is 0.278 e. The second kappa shape index (κ2) is 7.00. The standard InChI is InChI=1S/C19H22N6O/c1-5-12(3)25-13(4)9-16(23-25)18(26)22-19-21-15-10-14(11-20)7-8-17(15)24(19)6-2/h7-10,12H,5-6H2,1-4H3,(H,21,22,26). The summed E-state index contributed by atoms with van der Waals surface area (Å²) in [6.07, 6.45) is 0.941. The van der Waals surface area contributed by atoms with Crippen molar-refractivity contribution in [2.45, 2.75) is 46.7 Å². The highest BCUT2D eigenvalue weighted by Gasteiger charge is 2.18. The minimum Gasteiger partial charge on any atom is -0.310 e. The Hall–Kier alpha value is -3.14. The van der Waals surface area contributed by atoms with Crippen molar-refractivity contribution in [2.24, 2.45) is 0 Å². The van der Waals surface area contributed by atoms with Gasteiger partial charge in [0.15, 0.2) is 5.69 Å². The quantitative estimate of drug-likeness (QED) is 0.760. The highest BCUT2D eigenvalue weighted by atomic mass is 16.2. The maximum atomic E-state index is 12.7. The van der Waals surface area contributed by atoms with E-state index >= 15 is 0 Å². The smallest absolute Gasteiger partial charge is 0.278 e. The molecule has 3 aromatic rings. The molecule has 0 saturated heterocycles. The van der Waals surface area contributed by atoms with E-state index in [4.69, 9.17) is 5.26 Å². The van der Waals surface area contributed by atoms with Crippen LogP contribution in [0.1, 0.15) is 55.0 Å². The Bertz CT molecular complexity index is 1010. The van der Waals surface area contributed by atoms with Gasteiger partial charge in [0, 0.05) is 18.3 Å². The highest BCUT2D eigenvalue weighted by molar-refractivity contribution is 6.02. The summed E-state index contributed by atoms with van der Waals surface area (Å²) in [5.41, 5.74) is 3.42. The Morgan fingerprint density at radius 2 is 2.12 bits per heavy atom. The number of hydrogen-bond donors (Lipinski definition) is 1. The lowest BCUT2D eigenvalue weighted by molar-refractivity contribution is 0.102. The number of fused-ring (bicyclic) bond motifs is 1. The Labute approximate surface area is 152 Å². The largest absolute Gasteiger partial charge is 0.310 e. The molecule has 0 saturated carbocycles. The van der Waals surface area contributed by atoms with Crippen LogP contribution in [0, 0.1) is 18.3 Å². The SMILES string of the molecule is CCC(C)n1nc(C(=O)Nc2nc3cc(C#N)ccc3n2CC)cc1C. The van der Waals surface area contributed by atoms with Gasteiger partial charge in [-0.1, -0.05) is 6.92 Å². The number of rotatable bonds is 5. The third-order valence-electron chi connectivity index (χ3n) is 4.58. The zero-order valence-corrected chi connectivity index (χ0v) is 15.4. The third kappa shape index (κ3) is 3.06. The number of imidazole rings is 1. The van der Waals surface area contributed by atoms with E-state index in [1.165, 1.54) is 0 Å². The number of nitriles is 1. The second-order valence-electron chi connectivity index (χ2n) is 6.32. The third-order valence-corrected chi connectivity index (χ3v) is 4.58. The van der Waals surface area contributed by atoms with E-state index in [1.807, 2.05) is 29.2 Å². The molecule has 7 nitrogen and oxygen atoms in total. The van der Waals surface area contributed by atoms with Crippen molar-refractivity contribution in [3.63, 3.8) is 0 Å². The number of carbonyl (C=O) groups is 1. The summed E-state index contributed by atoms with van der Waals surface area (Å²) in [6, 6.07) is 9.45. The summed E-state index contributed by atoms with van der Waals surface area (Å²) < 4.78 is 3.78. The van der Waals surface area contributed by atoms with Crippen molar-refractivity contribution in [1.82, 2.24) is 19.3 Å². The molecule has 0 fully saturated rings. The van der Waals surface area contributed by atoms with E-state index in [0.29, 0.717) is 29.3 Å². The number of hydrogen-bond acceptors (Lipinski definition) is 4. The molecule has 26 heavy (non-hydrogen) atoms. The van der Waals surface area contributed by atoms with E-state index in [-0.39, 0.29) is 11.9 Å². The van der Waals surface area contributed by atoms with Gasteiger partial charge in [0.2, 0.25) is 5.95 Å². The van der Waals surface area contributed by atoms with Crippen LogP contribution >= 0.6 is 0 Å². The van der Waals surface area contributed by atoms with E-state index in [2.05, 4.69) is 35.3 Å². The average molecular weight is 350 g/mol. The van der Waals surface area contributed by atoms with Crippen molar-refractivity contribution in [3.8, 4) is 6.07 Å². The molecule has 0 spiro atoms. The van der Waals surface area contributed by atoms with Crippen LogP contribution in [0.3, 0.4) is 0 Å². The van der Waals surface area contributed by atoms with Crippen molar-refractivity contribution < 1.29 is 4.79 Å². The minimum absolute atomic E-state index is 0.237. The van der Waals surface area contributed by atoms with Crippen molar-refractivity contribution in [3.05, 3.63) is 41.2 Å². The Morgan fingerprint density at radius 1 is 1.35 bits per heavy atom. The fraction of sp³-hybridized carbons (Fsp3) is 0.368. The van der Waals surface area contributed by atoms with Crippen molar-refractivity contribution in [1.29, 1.82) is 5.26 Å². The van der Waals surface area contributed by atoms with E-state index in [1.54, 1.807) is 18.2 Å². The average Bonchev–Trinajstić information content (AvgIpc) is 3.20. The number of anilines is 1. The van der Waals surface area contributed by atoms with Gasteiger partial charge in [0.25, 0.3) is 5.91 Å². The predicted molar refractivity (Wildman–Crippen MR) is 100 cm³/mol. The van der Waals surface area contributed by atoms with E-state index < -0.39 is 0 Å². The molecule has 1 amide bonds. The van der Waals surface area contributed by atoms with Gasteiger partial charge in [-0.3, -0.25) is 14.8 Å². The minimum atomic E-state index is -0.291. The summed E-state index contributed by atoms with van der Waals surface area (Å²) in [4.78, 5) is 17.1. The zero-order chi connectivity index (χ0) is 18.8. The number of nitrogens with zero attached hydrogens (tertiary/aromatic N) is 5. The van der Waals surface area contributed by atoms with E-state index in [0.717, 1.165) is 17.6 Å². The topological polar surface area (TPSA) is 88.5 Å². The fourth-order valence-corrected chi connectivity index (χ4v) is 3.00. The first-order chi connectivity index (χ1) is 12.5. The molecule has 2 heterocycles. The maximum absolute atomic E-state index is 12.7. The first kappa shape index (κ1) is 17.7. The van der Waals surface area contributed by atoms with E-state index in [9.17, 15) is 4.79 Å². The molecule has 0 aliphatic heterocycles. The van der Waals surface area contributed by atoms with Gasteiger partial charge in [0.05, 0.1) is 22.7 Å². The van der Waals surface area contributed by atoms with Crippen LogP contribution < -0.4 is 5.32 Å². The first-order valence-corrected chi connectivity index (χ1v) is 8.76. The summed E-state index contributed by atoms with van der Waals surface area (Å²) in [5, 5.41) is 16.3. The molecule has 0 bridgehead atoms. The van der Waals surface area contributed by atoms with Crippen LogP contribution in [0.2, 0.25) is 0 Å². The lowest BCUT2D eigenvalue weighted by Gasteiger charge is -2.11. The summed E-state index contributed by atoms with van der Waals surface area (Å²) >= 11 is 0. The summed E-state index contributed by atoms with van der Waals surface area (Å²) in [7, 11) is 0. The van der Waals surface area contributed by atoms with Crippen LogP contribution in [-0.4, -0.2) is 25.2 Å². The number of amides is 1. The molecule has 3 rings (SSSR count). The van der Waals surface area contributed by atoms with Gasteiger partial charge >= 0.3 is 0 Å². The van der Waals surface area contributed by atoms with Gasteiger partial charge in [-0.05, 0) is 51.5 Å². The predicted octanol–water partition coefficient (Wildman–Crippen LogP) is 3.66. The van der Waals surface area contributed by atoms with Gasteiger partial charge in [-0.25, -0.2) is 4.98 Å². The highest BCUT2D eigenvalue weighted by Crippen LogP contribution is 2.22. The Morgan fingerprint density at radius 3 is 2.77 bits per heavy atom. The van der Waals surface area contributed by atoms with Crippen molar-refractivity contribution >= 4 is 22.9 Å². The molecule has 2 aromatic heterocycles. The lowest BCUT2D eigenvalue weighted by Crippen LogP contribution is -2.17.